The van der Waals surface area contributed by atoms with Gasteiger partial charge in [-0.3, -0.25) is 4.79 Å². The summed E-state index contributed by atoms with van der Waals surface area (Å²) < 4.78 is 31.6. The second kappa shape index (κ2) is 7.22. The van der Waals surface area contributed by atoms with Gasteiger partial charge in [-0.05, 0) is 30.4 Å². The second-order valence-corrected chi connectivity index (χ2v) is 8.07. The molecule has 7 nitrogen and oxygen atoms in total. The number of hydrogen-bond donors (Lipinski definition) is 0. The van der Waals surface area contributed by atoms with Gasteiger partial charge >= 0.3 is 5.97 Å². The number of esters is 1. The van der Waals surface area contributed by atoms with Gasteiger partial charge in [0.2, 0.25) is 5.78 Å². The zero-order valence-electron chi connectivity index (χ0n) is 13.2. The number of carbonyl (C=O) groups is 2. The van der Waals surface area contributed by atoms with Gasteiger partial charge in [0.25, 0.3) is 10.0 Å². The van der Waals surface area contributed by atoms with Crippen molar-refractivity contribution in [3.63, 3.8) is 0 Å². The van der Waals surface area contributed by atoms with E-state index in [0.29, 0.717) is 5.02 Å². The van der Waals surface area contributed by atoms with Crippen molar-refractivity contribution in [2.24, 2.45) is 4.40 Å². The molecule has 0 radical (unpaired) electrons. The molecule has 1 aromatic rings. The fourth-order valence-corrected chi connectivity index (χ4v) is 3.81. The average Bonchev–Trinajstić information content (AvgIpc) is 2.58. The van der Waals surface area contributed by atoms with Crippen LogP contribution in [0.25, 0.3) is 0 Å². The van der Waals surface area contributed by atoms with Crippen LogP contribution in [-0.4, -0.2) is 49.8 Å². The lowest BCUT2D eigenvalue weighted by molar-refractivity contribution is -0.137. The lowest BCUT2D eigenvalue weighted by atomic mass is 10.1. The molecule has 0 saturated carbocycles. The molecule has 0 bridgehead atoms. The largest absolute Gasteiger partial charge is 0.454 e. The number of hydrogen-bond acceptors (Lipinski definition) is 6. The number of amidine groups is 1. The summed E-state index contributed by atoms with van der Waals surface area (Å²) in [6, 6.07) is 4.40. The quantitative estimate of drug-likeness (QED) is 0.553. The highest BCUT2D eigenvalue weighted by Gasteiger charge is 2.25. The molecule has 0 aliphatic carbocycles. The van der Waals surface area contributed by atoms with Crippen molar-refractivity contribution in [1.82, 2.24) is 4.90 Å². The van der Waals surface area contributed by atoms with Crippen LogP contribution in [0.15, 0.2) is 46.5 Å². The molecule has 0 spiro atoms. The molecule has 0 aromatic heterocycles. The second-order valence-electron chi connectivity index (χ2n) is 5.47. The van der Waals surface area contributed by atoms with Crippen molar-refractivity contribution in [3.05, 3.63) is 57.7 Å². The molecule has 10 heteroatoms. The number of sulfonamides is 1. The normalized spacial score (nSPS) is 17.8. The molecule has 26 heavy (non-hydrogen) atoms. The molecule has 2 heterocycles. The summed E-state index contributed by atoms with van der Waals surface area (Å²) in [5.41, 5.74) is 0.381. The number of carbonyl (C=O) groups excluding carboxylic acids is 2. The van der Waals surface area contributed by atoms with E-state index < -0.39 is 28.4 Å². The standard InChI is InChI=1S/C16H12Cl2N2O5S/c17-11-2-3-12(13(18)7-11)14(21)9-25-16(22)10-1-4-15-19-26(23,24)6-5-20(15)8-10/h1-4,7-8H,5-6,9H2. The van der Waals surface area contributed by atoms with E-state index in [0.717, 1.165) is 0 Å². The van der Waals surface area contributed by atoms with Crippen LogP contribution in [0, 0.1) is 0 Å². The van der Waals surface area contributed by atoms with Gasteiger partial charge in [0.15, 0.2) is 6.61 Å². The minimum Gasteiger partial charge on any atom is -0.454 e. The highest BCUT2D eigenvalue weighted by Crippen LogP contribution is 2.22. The van der Waals surface area contributed by atoms with E-state index in [4.69, 9.17) is 27.9 Å². The van der Waals surface area contributed by atoms with Crippen LogP contribution in [0.4, 0.5) is 0 Å². The van der Waals surface area contributed by atoms with E-state index in [9.17, 15) is 18.0 Å². The van der Waals surface area contributed by atoms with Crippen LogP contribution < -0.4 is 0 Å². The zero-order chi connectivity index (χ0) is 18.9. The van der Waals surface area contributed by atoms with E-state index in [1.165, 1.54) is 41.5 Å². The number of ketones is 1. The van der Waals surface area contributed by atoms with Crippen molar-refractivity contribution in [3.8, 4) is 0 Å². The molecule has 1 aromatic carbocycles. The Kier molecular flexibility index (Phi) is 5.17. The highest BCUT2D eigenvalue weighted by atomic mass is 35.5. The third-order valence-corrected chi connectivity index (χ3v) is 5.34. The third kappa shape index (κ3) is 4.14. The van der Waals surface area contributed by atoms with E-state index in [-0.39, 0.29) is 34.3 Å². The van der Waals surface area contributed by atoms with Crippen molar-refractivity contribution in [2.45, 2.75) is 0 Å². The summed E-state index contributed by atoms with van der Waals surface area (Å²) in [5.74, 6) is -1.09. The molecule has 0 saturated heterocycles. The molecule has 2 aliphatic rings. The van der Waals surface area contributed by atoms with Gasteiger partial charge < -0.3 is 9.64 Å². The summed E-state index contributed by atoms with van der Waals surface area (Å²) in [6.07, 6.45) is 4.24. The minimum atomic E-state index is -3.47. The molecule has 0 atom stereocenters. The average molecular weight is 415 g/mol. The van der Waals surface area contributed by atoms with Crippen molar-refractivity contribution < 1.29 is 22.7 Å². The third-order valence-electron chi connectivity index (χ3n) is 3.63. The van der Waals surface area contributed by atoms with E-state index >= 15 is 0 Å². The maximum atomic E-state index is 12.1. The molecule has 0 unspecified atom stereocenters. The number of halogens is 2. The van der Waals surface area contributed by atoms with Crippen molar-refractivity contribution >= 4 is 50.8 Å². The Morgan fingerprint density at radius 3 is 2.73 bits per heavy atom. The predicted octanol–water partition coefficient (Wildman–Crippen LogP) is 2.22. The Morgan fingerprint density at radius 2 is 2.00 bits per heavy atom. The van der Waals surface area contributed by atoms with Gasteiger partial charge in [-0.1, -0.05) is 23.2 Å². The molecule has 3 rings (SSSR count). The summed E-state index contributed by atoms with van der Waals surface area (Å²) >= 11 is 11.7. The van der Waals surface area contributed by atoms with Crippen molar-refractivity contribution in [2.75, 3.05) is 18.9 Å². The Hall–Kier alpha value is -2.16. The first-order chi connectivity index (χ1) is 12.2. The van der Waals surface area contributed by atoms with Crippen LogP contribution in [0.5, 0.6) is 0 Å². The number of fused-ring (bicyclic) bond motifs is 1. The molecule has 136 valence electrons. The van der Waals surface area contributed by atoms with Gasteiger partial charge in [0.05, 0.1) is 16.3 Å². The summed E-state index contributed by atoms with van der Waals surface area (Å²) in [6.45, 7) is -0.303. The molecule has 2 aliphatic heterocycles. The number of Topliss-reactive ketones (excluding diaryl/α,β-unsaturated/α-hetero) is 1. The zero-order valence-corrected chi connectivity index (χ0v) is 15.5. The van der Waals surface area contributed by atoms with Crippen LogP contribution in [0.3, 0.4) is 0 Å². The van der Waals surface area contributed by atoms with Gasteiger partial charge in [-0.25, -0.2) is 13.2 Å². The predicted molar refractivity (Wildman–Crippen MR) is 96.9 cm³/mol. The Balaban J connectivity index is 1.65. The number of rotatable bonds is 4. The fourth-order valence-electron chi connectivity index (χ4n) is 2.33. The fraction of sp³-hybridized carbons (Fsp3) is 0.188. The molecule has 0 N–H and O–H groups in total. The van der Waals surface area contributed by atoms with Crippen molar-refractivity contribution in [1.29, 1.82) is 0 Å². The number of nitrogens with zero attached hydrogens (tertiary/aromatic N) is 2. The van der Waals surface area contributed by atoms with Crippen LogP contribution >= 0.6 is 23.2 Å². The number of ether oxygens (including phenoxy) is 1. The summed E-state index contributed by atoms with van der Waals surface area (Å²) in [7, 11) is -3.47. The van der Waals surface area contributed by atoms with Crippen LogP contribution in [0.1, 0.15) is 10.4 Å². The van der Waals surface area contributed by atoms with E-state index in [1.807, 2.05) is 0 Å². The van der Waals surface area contributed by atoms with Gasteiger partial charge in [-0.15, -0.1) is 4.40 Å². The van der Waals surface area contributed by atoms with Crippen LogP contribution in [0.2, 0.25) is 10.0 Å². The Bertz CT molecular complexity index is 982. The molecule has 0 amide bonds. The molecular formula is C16H12Cl2N2O5S. The van der Waals surface area contributed by atoms with Gasteiger partial charge in [0.1, 0.15) is 5.84 Å². The SMILES string of the molecule is O=C(OCC(=O)c1ccc(Cl)cc1Cl)C1=CN2CCS(=O)(=O)N=C2C=C1. The van der Waals surface area contributed by atoms with E-state index in [1.54, 1.807) is 0 Å². The first kappa shape index (κ1) is 18.6. The summed E-state index contributed by atoms with van der Waals surface area (Å²) in [4.78, 5) is 25.8. The summed E-state index contributed by atoms with van der Waals surface area (Å²) in [5, 5.41) is 0.563. The first-order valence-corrected chi connectivity index (χ1v) is 9.76. The lowest BCUT2D eigenvalue weighted by Gasteiger charge is -2.26. The minimum absolute atomic E-state index is 0.142. The molecular weight excluding hydrogens is 403 g/mol. The van der Waals surface area contributed by atoms with Gasteiger partial charge in [0, 0.05) is 23.3 Å². The first-order valence-electron chi connectivity index (χ1n) is 7.40. The van der Waals surface area contributed by atoms with Crippen LogP contribution in [-0.2, 0) is 19.6 Å². The topological polar surface area (TPSA) is 93.1 Å². The Morgan fingerprint density at radius 1 is 1.23 bits per heavy atom. The monoisotopic (exact) mass is 414 g/mol. The maximum Gasteiger partial charge on any atom is 0.340 e. The highest BCUT2D eigenvalue weighted by molar-refractivity contribution is 7.90. The lowest BCUT2D eigenvalue weighted by Crippen LogP contribution is -2.37. The van der Waals surface area contributed by atoms with Gasteiger partial charge in [-0.2, -0.15) is 0 Å². The molecule has 0 fully saturated rings. The van der Waals surface area contributed by atoms with E-state index in [2.05, 4.69) is 4.40 Å². The Labute approximate surface area is 159 Å². The smallest absolute Gasteiger partial charge is 0.340 e. The number of benzene rings is 1. The maximum absolute atomic E-state index is 12.1.